The molecule has 0 aromatic heterocycles. The smallest absolute Gasteiger partial charge is 0.207 e. The highest BCUT2D eigenvalue weighted by molar-refractivity contribution is 9.09. The summed E-state index contributed by atoms with van der Waals surface area (Å²) < 4.78 is 40.4. The molecule has 0 N–H and O–H groups in total. The van der Waals surface area contributed by atoms with E-state index >= 15 is 0 Å². The van der Waals surface area contributed by atoms with Crippen LogP contribution < -0.4 is 0 Å². The molecule has 1 aliphatic heterocycles. The molecule has 1 saturated heterocycles. The number of hydrogen-bond acceptors (Lipinski definition) is 2. The van der Waals surface area contributed by atoms with Gasteiger partial charge in [-0.3, -0.25) is 0 Å². The Labute approximate surface area is 122 Å². The van der Waals surface area contributed by atoms with Crippen LogP contribution in [0.5, 0.6) is 0 Å². The molecule has 1 aromatic carbocycles. The van der Waals surface area contributed by atoms with Crippen LogP contribution in [0.15, 0.2) is 29.2 Å². The van der Waals surface area contributed by atoms with Crippen LogP contribution in [-0.4, -0.2) is 30.6 Å². The van der Waals surface area contributed by atoms with Crippen molar-refractivity contribution in [3.8, 4) is 0 Å². The topological polar surface area (TPSA) is 37.4 Å². The third-order valence-corrected chi connectivity index (χ3v) is 6.16. The molecule has 0 amide bonds. The van der Waals surface area contributed by atoms with E-state index in [2.05, 4.69) is 15.9 Å². The summed E-state index contributed by atoms with van der Waals surface area (Å²) in [5.74, 6) is -0.680. The van der Waals surface area contributed by atoms with Gasteiger partial charge in [-0.2, -0.15) is 4.31 Å². The van der Waals surface area contributed by atoms with E-state index in [1.807, 2.05) is 0 Å². The molecule has 0 saturated carbocycles. The molecule has 1 atom stereocenters. The second-order valence-corrected chi connectivity index (χ2v) is 7.21. The average molecular weight is 350 g/mol. The summed E-state index contributed by atoms with van der Waals surface area (Å²) >= 11 is 3.37. The molecule has 1 unspecified atom stereocenters. The van der Waals surface area contributed by atoms with Gasteiger partial charge in [0.25, 0.3) is 0 Å². The van der Waals surface area contributed by atoms with Gasteiger partial charge in [-0.05, 0) is 25.0 Å². The van der Waals surface area contributed by atoms with Crippen molar-refractivity contribution < 1.29 is 12.8 Å². The highest BCUT2D eigenvalue weighted by atomic mass is 79.9. The number of sulfonamides is 1. The average Bonchev–Trinajstić information content (AvgIpc) is 2.64. The zero-order valence-corrected chi connectivity index (χ0v) is 13.0. The molecular weight excluding hydrogens is 333 g/mol. The number of nitrogens with zero attached hydrogens (tertiary/aromatic N) is 1. The van der Waals surface area contributed by atoms with Crippen molar-refractivity contribution in [3.63, 3.8) is 0 Å². The van der Waals surface area contributed by atoms with Gasteiger partial charge >= 0.3 is 0 Å². The van der Waals surface area contributed by atoms with Crippen LogP contribution in [0.25, 0.3) is 0 Å². The van der Waals surface area contributed by atoms with Gasteiger partial charge < -0.3 is 0 Å². The molecular formula is C13H17BrFNO2S. The number of alkyl halides is 1. The van der Waals surface area contributed by atoms with Gasteiger partial charge in [0, 0.05) is 17.9 Å². The zero-order valence-electron chi connectivity index (χ0n) is 10.6. The fraction of sp³-hybridized carbons (Fsp3) is 0.538. The summed E-state index contributed by atoms with van der Waals surface area (Å²) in [6, 6.07) is 5.48. The third kappa shape index (κ3) is 3.17. The minimum atomic E-state index is -3.75. The lowest BCUT2D eigenvalue weighted by atomic mass is 10.1. The fourth-order valence-corrected chi connectivity index (χ4v) is 5.03. The molecule has 0 bridgehead atoms. The number of halogens is 2. The predicted molar refractivity (Wildman–Crippen MR) is 76.3 cm³/mol. The molecule has 0 aliphatic carbocycles. The van der Waals surface area contributed by atoms with Crippen molar-refractivity contribution in [2.24, 2.45) is 0 Å². The second-order valence-electron chi connectivity index (χ2n) is 4.70. The van der Waals surface area contributed by atoms with Gasteiger partial charge in [-0.15, -0.1) is 0 Å². The van der Waals surface area contributed by atoms with Crippen LogP contribution in [0.2, 0.25) is 0 Å². The first-order chi connectivity index (χ1) is 9.07. The maximum atomic E-state index is 13.8. The minimum absolute atomic E-state index is 0.0906. The maximum Gasteiger partial charge on any atom is 0.246 e. The number of hydrogen-bond donors (Lipinski definition) is 0. The van der Waals surface area contributed by atoms with Crippen LogP contribution in [0, 0.1) is 5.82 Å². The van der Waals surface area contributed by atoms with Gasteiger partial charge in [0.05, 0.1) is 0 Å². The molecule has 1 fully saturated rings. The molecule has 0 spiro atoms. The number of benzene rings is 1. The minimum Gasteiger partial charge on any atom is -0.207 e. The van der Waals surface area contributed by atoms with Crippen LogP contribution in [-0.2, 0) is 10.0 Å². The van der Waals surface area contributed by atoms with E-state index in [0.717, 1.165) is 25.7 Å². The summed E-state index contributed by atoms with van der Waals surface area (Å²) in [5.41, 5.74) is 0. The molecule has 19 heavy (non-hydrogen) atoms. The normalized spacial score (nSPS) is 22.1. The largest absolute Gasteiger partial charge is 0.246 e. The van der Waals surface area contributed by atoms with E-state index in [-0.39, 0.29) is 10.9 Å². The van der Waals surface area contributed by atoms with Crippen molar-refractivity contribution in [3.05, 3.63) is 30.1 Å². The maximum absolute atomic E-state index is 13.8. The molecule has 2 rings (SSSR count). The van der Waals surface area contributed by atoms with Crippen molar-refractivity contribution in [1.82, 2.24) is 4.31 Å². The quantitative estimate of drug-likeness (QED) is 0.786. The molecule has 1 heterocycles. The van der Waals surface area contributed by atoms with Crippen LogP contribution in [0.3, 0.4) is 0 Å². The number of rotatable bonds is 3. The third-order valence-electron chi connectivity index (χ3n) is 3.42. The van der Waals surface area contributed by atoms with Crippen LogP contribution in [0.1, 0.15) is 25.7 Å². The van der Waals surface area contributed by atoms with E-state index in [1.165, 1.54) is 22.5 Å². The Morgan fingerprint density at radius 2 is 2.00 bits per heavy atom. The van der Waals surface area contributed by atoms with Gasteiger partial charge in [-0.25, -0.2) is 12.8 Å². The lowest BCUT2D eigenvalue weighted by molar-refractivity contribution is 0.346. The van der Waals surface area contributed by atoms with Gasteiger partial charge in [0.2, 0.25) is 10.0 Å². The first-order valence-electron chi connectivity index (χ1n) is 6.39. The molecule has 106 valence electrons. The highest BCUT2D eigenvalue weighted by Gasteiger charge is 2.33. The second kappa shape index (κ2) is 6.33. The van der Waals surface area contributed by atoms with Crippen LogP contribution in [0.4, 0.5) is 4.39 Å². The molecule has 1 aliphatic rings. The Hall–Kier alpha value is -0.460. The van der Waals surface area contributed by atoms with Crippen molar-refractivity contribution in [2.75, 3.05) is 11.9 Å². The Balaban J connectivity index is 2.39. The first kappa shape index (κ1) is 14.9. The lowest BCUT2D eigenvalue weighted by Gasteiger charge is -2.27. The summed E-state index contributed by atoms with van der Waals surface area (Å²) in [4.78, 5) is -0.220. The summed E-state index contributed by atoms with van der Waals surface area (Å²) in [6.45, 7) is 0.465. The predicted octanol–water partition coefficient (Wildman–Crippen LogP) is 3.15. The first-order valence-corrected chi connectivity index (χ1v) is 8.96. The standard InChI is InChI=1S/C13H17BrFNO2S/c14-10-11-6-2-1-5-9-16(11)19(17,18)13-8-4-3-7-12(13)15/h3-4,7-8,11H,1-2,5-6,9-10H2. The van der Waals surface area contributed by atoms with Gasteiger partial charge in [0.1, 0.15) is 10.7 Å². The van der Waals surface area contributed by atoms with E-state index in [4.69, 9.17) is 0 Å². The van der Waals surface area contributed by atoms with E-state index in [1.54, 1.807) is 6.07 Å². The molecule has 3 nitrogen and oxygen atoms in total. The lowest BCUT2D eigenvalue weighted by Crippen LogP contribution is -2.41. The Bertz CT molecular complexity index is 535. The molecule has 1 aromatic rings. The van der Waals surface area contributed by atoms with Crippen molar-refractivity contribution in [2.45, 2.75) is 36.6 Å². The Morgan fingerprint density at radius 3 is 2.68 bits per heavy atom. The zero-order chi connectivity index (χ0) is 13.9. The fourth-order valence-electron chi connectivity index (χ4n) is 2.40. The monoisotopic (exact) mass is 349 g/mol. The molecule has 0 radical (unpaired) electrons. The van der Waals surface area contributed by atoms with Crippen molar-refractivity contribution in [1.29, 1.82) is 0 Å². The van der Waals surface area contributed by atoms with E-state index in [0.29, 0.717) is 11.9 Å². The van der Waals surface area contributed by atoms with E-state index < -0.39 is 15.8 Å². The Kier molecular flexibility index (Phi) is 4.97. The molecule has 6 heteroatoms. The summed E-state index contributed by atoms with van der Waals surface area (Å²) in [7, 11) is -3.75. The summed E-state index contributed by atoms with van der Waals surface area (Å²) in [6.07, 6.45) is 3.68. The van der Waals surface area contributed by atoms with E-state index in [9.17, 15) is 12.8 Å². The SMILES string of the molecule is O=S(=O)(c1ccccc1F)N1CCCCCC1CBr. The van der Waals surface area contributed by atoms with Gasteiger partial charge in [-0.1, -0.05) is 40.9 Å². The summed E-state index contributed by atoms with van der Waals surface area (Å²) in [5, 5.41) is 0.584. The van der Waals surface area contributed by atoms with Crippen LogP contribution >= 0.6 is 15.9 Å². The van der Waals surface area contributed by atoms with Crippen molar-refractivity contribution >= 4 is 26.0 Å². The van der Waals surface area contributed by atoms with Gasteiger partial charge in [0.15, 0.2) is 0 Å². The highest BCUT2D eigenvalue weighted by Crippen LogP contribution is 2.27. The Morgan fingerprint density at radius 1 is 1.26 bits per heavy atom.